The smallest absolute Gasteiger partial charge is 0.255 e. The first kappa shape index (κ1) is 18.0. The molecule has 1 aromatic heterocycles. The lowest BCUT2D eigenvalue weighted by atomic mass is 9.95. The van der Waals surface area contributed by atoms with Crippen LogP contribution in [0.2, 0.25) is 0 Å². The van der Waals surface area contributed by atoms with E-state index < -0.39 is 11.9 Å². The highest BCUT2D eigenvalue weighted by molar-refractivity contribution is 6.05. The third-order valence-corrected chi connectivity index (χ3v) is 4.67. The average molecular weight is 355 g/mol. The van der Waals surface area contributed by atoms with E-state index in [1.807, 2.05) is 6.92 Å². The summed E-state index contributed by atoms with van der Waals surface area (Å²) >= 11 is 0. The largest absolute Gasteiger partial charge is 0.349 e. The standard InChI is InChI=1S/C20H22FN3O2/c1-13-11-14(19(25)23-16-5-3-2-4-6-16)7-8-17(13)24-20(26)15-9-10-22-18(21)12-15/h7-12,16H,2-6H2,1H3,(H,23,25)(H,24,26). The number of rotatable bonds is 4. The lowest BCUT2D eigenvalue weighted by molar-refractivity contribution is 0.0927. The Balaban J connectivity index is 1.67. The second kappa shape index (κ2) is 8.08. The van der Waals surface area contributed by atoms with Gasteiger partial charge in [0.25, 0.3) is 11.8 Å². The van der Waals surface area contributed by atoms with E-state index in [-0.39, 0.29) is 17.5 Å². The van der Waals surface area contributed by atoms with Crippen molar-refractivity contribution in [1.82, 2.24) is 10.3 Å². The highest BCUT2D eigenvalue weighted by Gasteiger charge is 2.17. The number of aromatic nitrogens is 1. The number of carbonyl (C=O) groups excluding carboxylic acids is 2. The topological polar surface area (TPSA) is 71.1 Å². The van der Waals surface area contributed by atoms with Gasteiger partial charge in [-0.05, 0) is 49.6 Å². The minimum atomic E-state index is -0.705. The number of benzene rings is 1. The summed E-state index contributed by atoms with van der Waals surface area (Å²) in [5, 5.41) is 5.82. The molecular weight excluding hydrogens is 333 g/mol. The molecule has 0 radical (unpaired) electrons. The van der Waals surface area contributed by atoms with Gasteiger partial charge in [-0.1, -0.05) is 19.3 Å². The maximum absolute atomic E-state index is 13.1. The molecule has 0 saturated heterocycles. The van der Waals surface area contributed by atoms with Crippen LogP contribution in [-0.4, -0.2) is 22.8 Å². The van der Waals surface area contributed by atoms with Crippen LogP contribution in [0.1, 0.15) is 58.4 Å². The van der Waals surface area contributed by atoms with E-state index in [2.05, 4.69) is 15.6 Å². The molecule has 0 atom stereocenters. The summed E-state index contributed by atoms with van der Waals surface area (Å²) in [6.45, 7) is 1.82. The number of hydrogen-bond acceptors (Lipinski definition) is 3. The SMILES string of the molecule is Cc1cc(C(=O)NC2CCCCC2)ccc1NC(=O)c1ccnc(F)c1. The Kier molecular flexibility index (Phi) is 5.61. The lowest BCUT2D eigenvalue weighted by Gasteiger charge is -2.23. The quantitative estimate of drug-likeness (QED) is 0.819. The number of halogens is 1. The molecule has 1 heterocycles. The molecule has 26 heavy (non-hydrogen) atoms. The van der Waals surface area contributed by atoms with Crippen LogP contribution in [-0.2, 0) is 0 Å². The second-order valence-corrected chi connectivity index (χ2v) is 6.66. The van der Waals surface area contributed by atoms with Gasteiger partial charge in [0.2, 0.25) is 5.95 Å². The molecule has 2 amide bonds. The number of carbonyl (C=O) groups is 2. The Morgan fingerprint density at radius 1 is 1.04 bits per heavy atom. The van der Waals surface area contributed by atoms with Crippen LogP contribution >= 0.6 is 0 Å². The van der Waals surface area contributed by atoms with E-state index in [9.17, 15) is 14.0 Å². The van der Waals surface area contributed by atoms with Crippen molar-refractivity contribution in [2.24, 2.45) is 0 Å². The van der Waals surface area contributed by atoms with Crippen molar-refractivity contribution in [2.75, 3.05) is 5.32 Å². The molecule has 1 saturated carbocycles. The maximum atomic E-state index is 13.1. The minimum absolute atomic E-state index is 0.0888. The predicted octanol–water partition coefficient (Wildman–Crippen LogP) is 3.84. The van der Waals surface area contributed by atoms with Crippen molar-refractivity contribution in [3.8, 4) is 0 Å². The van der Waals surface area contributed by atoms with Gasteiger partial charge in [0.15, 0.2) is 0 Å². The average Bonchev–Trinajstić information content (AvgIpc) is 2.64. The van der Waals surface area contributed by atoms with E-state index in [4.69, 9.17) is 0 Å². The predicted molar refractivity (Wildman–Crippen MR) is 97.7 cm³/mol. The molecule has 2 N–H and O–H groups in total. The molecule has 0 bridgehead atoms. The van der Waals surface area contributed by atoms with Crippen molar-refractivity contribution in [3.63, 3.8) is 0 Å². The summed E-state index contributed by atoms with van der Waals surface area (Å²) in [5.41, 5.74) is 2.11. The monoisotopic (exact) mass is 355 g/mol. The van der Waals surface area contributed by atoms with Crippen LogP contribution in [0.15, 0.2) is 36.5 Å². The van der Waals surface area contributed by atoms with Gasteiger partial charge in [-0.2, -0.15) is 4.39 Å². The highest BCUT2D eigenvalue weighted by Crippen LogP contribution is 2.20. The first-order valence-corrected chi connectivity index (χ1v) is 8.87. The van der Waals surface area contributed by atoms with Crippen LogP contribution in [0.25, 0.3) is 0 Å². The molecule has 1 fully saturated rings. The Bertz CT molecular complexity index is 816. The number of aryl methyl sites for hydroxylation is 1. The van der Waals surface area contributed by atoms with Gasteiger partial charge in [0.05, 0.1) is 0 Å². The first-order valence-electron chi connectivity index (χ1n) is 8.87. The number of nitrogens with one attached hydrogen (secondary N) is 2. The van der Waals surface area contributed by atoms with Crippen molar-refractivity contribution in [1.29, 1.82) is 0 Å². The molecular formula is C20H22FN3O2. The maximum Gasteiger partial charge on any atom is 0.255 e. The van der Waals surface area contributed by atoms with Crippen LogP contribution < -0.4 is 10.6 Å². The number of amides is 2. The van der Waals surface area contributed by atoms with E-state index in [0.717, 1.165) is 37.3 Å². The van der Waals surface area contributed by atoms with E-state index in [1.165, 1.54) is 18.7 Å². The van der Waals surface area contributed by atoms with Gasteiger partial charge in [-0.15, -0.1) is 0 Å². The van der Waals surface area contributed by atoms with Gasteiger partial charge in [-0.25, -0.2) is 4.98 Å². The zero-order chi connectivity index (χ0) is 18.5. The highest BCUT2D eigenvalue weighted by atomic mass is 19.1. The summed E-state index contributed by atoms with van der Waals surface area (Å²) in [7, 11) is 0. The van der Waals surface area contributed by atoms with Crippen LogP contribution in [0.4, 0.5) is 10.1 Å². The fraction of sp³-hybridized carbons (Fsp3) is 0.350. The Morgan fingerprint density at radius 2 is 1.77 bits per heavy atom. The Hall–Kier alpha value is -2.76. The fourth-order valence-corrected chi connectivity index (χ4v) is 3.20. The lowest BCUT2D eigenvalue weighted by Crippen LogP contribution is -2.36. The summed E-state index contributed by atoms with van der Waals surface area (Å²) in [6, 6.07) is 7.91. The summed E-state index contributed by atoms with van der Waals surface area (Å²) in [4.78, 5) is 28.1. The van der Waals surface area contributed by atoms with Crippen molar-refractivity contribution in [3.05, 3.63) is 59.2 Å². The molecule has 6 heteroatoms. The normalized spacial score (nSPS) is 14.7. The number of nitrogens with zero attached hydrogens (tertiary/aromatic N) is 1. The molecule has 0 aliphatic heterocycles. The number of hydrogen-bond donors (Lipinski definition) is 2. The molecule has 136 valence electrons. The van der Waals surface area contributed by atoms with Crippen molar-refractivity contribution < 1.29 is 14.0 Å². The van der Waals surface area contributed by atoms with Crippen molar-refractivity contribution >= 4 is 17.5 Å². The molecule has 1 aliphatic rings. The van der Waals surface area contributed by atoms with Crippen LogP contribution in [0.3, 0.4) is 0 Å². The van der Waals surface area contributed by atoms with Gasteiger partial charge < -0.3 is 10.6 Å². The Labute approximate surface area is 152 Å². The first-order chi connectivity index (χ1) is 12.5. The van der Waals surface area contributed by atoms with Gasteiger partial charge >= 0.3 is 0 Å². The molecule has 3 rings (SSSR count). The van der Waals surface area contributed by atoms with Gasteiger partial charge in [0, 0.05) is 35.1 Å². The fourth-order valence-electron chi connectivity index (χ4n) is 3.20. The van der Waals surface area contributed by atoms with Gasteiger partial charge in [-0.3, -0.25) is 9.59 Å². The number of pyridine rings is 1. The van der Waals surface area contributed by atoms with Crippen molar-refractivity contribution in [2.45, 2.75) is 45.1 Å². The van der Waals surface area contributed by atoms with E-state index in [0.29, 0.717) is 11.3 Å². The number of anilines is 1. The summed E-state index contributed by atoms with van der Waals surface area (Å²) in [6.07, 6.45) is 6.86. The summed E-state index contributed by atoms with van der Waals surface area (Å²) < 4.78 is 13.1. The van der Waals surface area contributed by atoms with Gasteiger partial charge in [0.1, 0.15) is 0 Å². The van der Waals surface area contributed by atoms with Crippen LogP contribution in [0.5, 0.6) is 0 Å². The Morgan fingerprint density at radius 3 is 2.46 bits per heavy atom. The molecule has 1 aromatic carbocycles. The van der Waals surface area contributed by atoms with E-state index in [1.54, 1.807) is 18.2 Å². The zero-order valence-electron chi connectivity index (χ0n) is 14.7. The van der Waals surface area contributed by atoms with E-state index >= 15 is 0 Å². The second-order valence-electron chi connectivity index (χ2n) is 6.66. The summed E-state index contributed by atoms with van der Waals surface area (Å²) in [5.74, 6) is -1.22. The molecule has 0 spiro atoms. The zero-order valence-corrected chi connectivity index (χ0v) is 14.7. The minimum Gasteiger partial charge on any atom is -0.349 e. The molecule has 0 unspecified atom stereocenters. The molecule has 2 aromatic rings. The molecule has 1 aliphatic carbocycles. The third-order valence-electron chi connectivity index (χ3n) is 4.67. The molecule has 5 nitrogen and oxygen atoms in total. The van der Waals surface area contributed by atoms with Crippen LogP contribution in [0, 0.1) is 12.9 Å². The third kappa shape index (κ3) is 4.45.